The van der Waals surface area contributed by atoms with E-state index < -0.39 is 17.4 Å². The summed E-state index contributed by atoms with van der Waals surface area (Å²) < 4.78 is 7.91. The monoisotopic (exact) mass is 372 g/mol. The van der Waals surface area contributed by atoms with Crippen LogP contribution < -0.4 is 0 Å². The molecular formula is C20H28N4O3. The quantitative estimate of drug-likeness (QED) is 0.704. The van der Waals surface area contributed by atoms with Gasteiger partial charge in [-0.25, -0.2) is 0 Å². The molecular weight excluding hydrogens is 344 g/mol. The van der Waals surface area contributed by atoms with Gasteiger partial charge in [0.15, 0.2) is 0 Å². The summed E-state index contributed by atoms with van der Waals surface area (Å²) in [6, 6.07) is 0. The molecule has 0 unspecified atom stereocenters. The minimum Gasteiger partial charge on any atom is -0.360 e. The van der Waals surface area contributed by atoms with Gasteiger partial charge in [-0.2, -0.15) is 5.10 Å². The Morgan fingerprint density at radius 3 is 2.93 bits per heavy atom. The molecule has 0 saturated carbocycles. The third-order valence-corrected chi connectivity index (χ3v) is 5.99. The zero-order valence-corrected chi connectivity index (χ0v) is 16.5. The highest BCUT2D eigenvalue weighted by Crippen LogP contribution is 2.52. The number of aryl methyl sites for hydroxylation is 1. The van der Waals surface area contributed by atoms with E-state index in [4.69, 9.17) is 4.74 Å². The van der Waals surface area contributed by atoms with Crippen LogP contribution in [-0.2, 0) is 27.9 Å². The van der Waals surface area contributed by atoms with Gasteiger partial charge in [-0.05, 0) is 12.3 Å². The van der Waals surface area contributed by atoms with Crippen molar-refractivity contribution < 1.29 is 14.3 Å². The molecule has 3 aliphatic heterocycles. The van der Waals surface area contributed by atoms with Crippen molar-refractivity contribution in [3.8, 4) is 0 Å². The highest BCUT2D eigenvalue weighted by Gasteiger charge is 2.66. The Bertz CT molecular complexity index is 786. The number of fused-ring (bicyclic) bond motifs is 1. The molecule has 0 N–H and O–H groups in total. The number of carbonyl (C=O) groups excluding carboxylic acids is 2. The summed E-state index contributed by atoms with van der Waals surface area (Å²) >= 11 is 0. The van der Waals surface area contributed by atoms with Gasteiger partial charge in [0.05, 0.1) is 30.7 Å². The van der Waals surface area contributed by atoms with Crippen molar-refractivity contribution in [3.63, 3.8) is 0 Å². The number of rotatable bonds is 6. The number of likely N-dealkylation sites (tertiary alicyclic amines) is 1. The molecule has 3 aliphatic rings. The number of aromatic nitrogens is 2. The normalized spacial score (nSPS) is 31.2. The Kier molecular flexibility index (Phi) is 4.37. The summed E-state index contributed by atoms with van der Waals surface area (Å²) in [5.41, 5.74) is 0.354. The van der Waals surface area contributed by atoms with Gasteiger partial charge in [-0.15, -0.1) is 0 Å². The summed E-state index contributed by atoms with van der Waals surface area (Å²) in [6.07, 6.45) is 8.31. The molecule has 4 atom stereocenters. The molecule has 0 aliphatic carbocycles. The van der Waals surface area contributed by atoms with Crippen molar-refractivity contribution in [1.82, 2.24) is 19.6 Å². The SMILES string of the molecule is CC(C)CCN1C[C@]23C=C[C@H](O2)[C@@H](C(=O)N(C)Cc2cnn(C)c2)[C@@H]3C1=O. The third-order valence-electron chi connectivity index (χ3n) is 5.99. The lowest BCUT2D eigenvalue weighted by atomic mass is 9.76. The first-order valence-electron chi connectivity index (χ1n) is 9.69. The van der Waals surface area contributed by atoms with Crippen LogP contribution in [0.5, 0.6) is 0 Å². The van der Waals surface area contributed by atoms with E-state index in [-0.39, 0.29) is 17.9 Å². The number of hydrogen-bond acceptors (Lipinski definition) is 4. The first-order valence-corrected chi connectivity index (χ1v) is 9.69. The van der Waals surface area contributed by atoms with Crippen LogP contribution in [0.4, 0.5) is 0 Å². The maximum absolute atomic E-state index is 13.2. The van der Waals surface area contributed by atoms with E-state index in [2.05, 4.69) is 18.9 Å². The molecule has 2 saturated heterocycles. The standard InChI is InChI=1S/C20H28N4O3/c1-13(2)6-8-24-12-20-7-5-15(27-20)16(17(20)19(24)26)18(25)22(3)10-14-9-21-23(4)11-14/h5,7,9,11,13,15-17H,6,8,10,12H2,1-4H3/t15-,16+,17+,20-/m0/s1. The van der Waals surface area contributed by atoms with Gasteiger partial charge in [0.1, 0.15) is 5.60 Å². The maximum Gasteiger partial charge on any atom is 0.230 e. The molecule has 0 radical (unpaired) electrons. The third kappa shape index (κ3) is 2.98. The molecule has 2 fully saturated rings. The molecule has 146 valence electrons. The van der Waals surface area contributed by atoms with E-state index in [1.807, 2.05) is 30.3 Å². The lowest BCUT2D eigenvalue weighted by molar-refractivity contribution is -0.142. The van der Waals surface area contributed by atoms with E-state index in [1.54, 1.807) is 22.8 Å². The molecule has 27 heavy (non-hydrogen) atoms. The van der Waals surface area contributed by atoms with Crippen molar-refractivity contribution in [2.24, 2.45) is 24.8 Å². The summed E-state index contributed by atoms with van der Waals surface area (Å²) in [5.74, 6) is -0.266. The van der Waals surface area contributed by atoms with Gasteiger partial charge < -0.3 is 14.5 Å². The second kappa shape index (κ2) is 6.48. The van der Waals surface area contributed by atoms with Crippen molar-refractivity contribution >= 4 is 11.8 Å². The van der Waals surface area contributed by atoms with Crippen LogP contribution in [0.2, 0.25) is 0 Å². The van der Waals surface area contributed by atoms with Crippen LogP contribution in [0.15, 0.2) is 24.5 Å². The predicted molar refractivity (Wildman–Crippen MR) is 99.4 cm³/mol. The molecule has 7 heteroatoms. The first-order chi connectivity index (χ1) is 12.8. The van der Waals surface area contributed by atoms with Crippen LogP contribution >= 0.6 is 0 Å². The fourth-order valence-electron chi connectivity index (χ4n) is 4.62. The molecule has 2 amide bonds. The molecule has 4 heterocycles. The zero-order chi connectivity index (χ0) is 19.3. The van der Waals surface area contributed by atoms with Crippen molar-refractivity contribution in [2.75, 3.05) is 20.1 Å². The first kappa shape index (κ1) is 18.2. The number of ether oxygens (including phenoxy) is 1. The Morgan fingerprint density at radius 2 is 2.26 bits per heavy atom. The highest BCUT2D eigenvalue weighted by molar-refractivity contribution is 5.93. The Labute approximate surface area is 159 Å². The molecule has 4 rings (SSSR count). The lowest BCUT2D eigenvalue weighted by Crippen LogP contribution is -2.44. The van der Waals surface area contributed by atoms with Crippen molar-refractivity contribution in [3.05, 3.63) is 30.1 Å². The fraction of sp³-hybridized carbons (Fsp3) is 0.650. The number of hydrogen-bond donors (Lipinski definition) is 0. The molecule has 7 nitrogen and oxygen atoms in total. The topological polar surface area (TPSA) is 67.7 Å². The average molecular weight is 372 g/mol. The van der Waals surface area contributed by atoms with Gasteiger partial charge in [0.2, 0.25) is 11.8 Å². The van der Waals surface area contributed by atoms with Gasteiger partial charge in [-0.3, -0.25) is 14.3 Å². The summed E-state index contributed by atoms with van der Waals surface area (Å²) in [6.45, 7) is 6.07. The van der Waals surface area contributed by atoms with E-state index in [0.29, 0.717) is 19.0 Å². The van der Waals surface area contributed by atoms with Crippen molar-refractivity contribution in [1.29, 1.82) is 0 Å². The fourth-order valence-corrected chi connectivity index (χ4v) is 4.62. The van der Waals surface area contributed by atoms with E-state index >= 15 is 0 Å². The second-order valence-corrected chi connectivity index (χ2v) is 8.56. The van der Waals surface area contributed by atoms with E-state index in [9.17, 15) is 9.59 Å². The minimum atomic E-state index is -0.617. The van der Waals surface area contributed by atoms with Crippen LogP contribution in [0.3, 0.4) is 0 Å². The maximum atomic E-state index is 13.2. The average Bonchev–Trinajstić information content (AvgIpc) is 3.34. The molecule has 1 aromatic rings. The van der Waals surface area contributed by atoms with Gasteiger partial charge in [0, 0.05) is 38.9 Å². The van der Waals surface area contributed by atoms with Gasteiger partial charge in [-0.1, -0.05) is 26.0 Å². The Balaban J connectivity index is 1.51. The van der Waals surface area contributed by atoms with Gasteiger partial charge >= 0.3 is 0 Å². The minimum absolute atomic E-state index is 0.0286. The predicted octanol–water partition coefficient (Wildman–Crippen LogP) is 1.21. The number of carbonyl (C=O) groups is 2. The molecule has 2 bridgehead atoms. The zero-order valence-electron chi connectivity index (χ0n) is 16.5. The van der Waals surface area contributed by atoms with Gasteiger partial charge in [0.25, 0.3) is 0 Å². The van der Waals surface area contributed by atoms with Crippen LogP contribution in [0.1, 0.15) is 25.8 Å². The summed E-state index contributed by atoms with van der Waals surface area (Å²) in [4.78, 5) is 29.9. The van der Waals surface area contributed by atoms with Crippen LogP contribution in [-0.4, -0.2) is 63.2 Å². The second-order valence-electron chi connectivity index (χ2n) is 8.56. The largest absolute Gasteiger partial charge is 0.360 e. The number of nitrogens with zero attached hydrogens (tertiary/aromatic N) is 4. The smallest absolute Gasteiger partial charge is 0.230 e. The molecule has 0 aromatic carbocycles. The Morgan fingerprint density at radius 1 is 1.48 bits per heavy atom. The van der Waals surface area contributed by atoms with Crippen LogP contribution in [0.25, 0.3) is 0 Å². The molecule has 1 spiro atoms. The van der Waals surface area contributed by atoms with Crippen LogP contribution in [0, 0.1) is 17.8 Å². The van der Waals surface area contributed by atoms with Crippen molar-refractivity contribution in [2.45, 2.75) is 38.5 Å². The highest BCUT2D eigenvalue weighted by atomic mass is 16.5. The van der Waals surface area contributed by atoms with E-state index in [1.165, 1.54) is 0 Å². The summed E-state index contributed by atoms with van der Waals surface area (Å²) in [7, 11) is 3.64. The molecule has 1 aromatic heterocycles. The Hall–Kier alpha value is -2.15. The lowest BCUT2D eigenvalue weighted by Gasteiger charge is -2.27. The number of amides is 2. The van der Waals surface area contributed by atoms with E-state index in [0.717, 1.165) is 18.5 Å². The summed E-state index contributed by atoms with van der Waals surface area (Å²) in [5, 5.41) is 4.16.